The molecule has 0 N–H and O–H groups in total. The summed E-state index contributed by atoms with van der Waals surface area (Å²) in [4.78, 5) is 9.28. The van der Waals surface area contributed by atoms with E-state index in [1.54, 1.807) is 0 Å². The van der Waals surface area contributed by atoms with E-state index in [-0.39, 0.29) is 20.7 Å². The predicted molar refractivity (Wildman–Crippen MR) is 23.2 cm³/mol. The number of hydrogen-bond donors (Lipinski definition) is 0. The van der Waals surface area contributed by atoms with Gasteiger partial charge in [0.05, 0.1) is 0 Å². The van der Waals surface area contributed by atoms with Crippen LogP contribution < -0.4 is 0 Å². The van der Waals surface area contributed by atoms with Crippen LogP contribution in [0.2, 0.25) is 0 Å². The zero-order valence-corrected chi connectivity index (χ0v) is 6.39. The molecule has 0 aromatic heterocycles. The van der Waals surface area contributed by atoms with Crippen LogP contribution in [0.3, 0.4) is 0 Å². The second-order valence-electron chi connectivity index (χ2n) is 0.226. The molecule has 1 radical (unpaired) electrons. The van der Waals surface area contributed by atoms with Gasteiger partial charge in [-0.1, -0.05) is 0 Å². The SMILES string of the molecule is O=C(Br)Br.[Mn]. The monoisotopic (exact) mass is 241 g/mol. The quantitative estimate of drug-likeness (QED) is 0.468. The predicted octanol–water partition coefficient (Wildman–Crippen LogP) is 1.89. The fraction of sp³-hybridized carbons (Fsp3) is 0. The van der Waals surface area contributed by atoms with Crippen molar-refractivity contribution in [3.05, 3.63) is 0 Å². The molecule has 0 saturated heterocycles. The van der Waals surface area contributed by atoms with Crippen LogP contribution in [-0.4, -0.2) is 3.60 Å². The van der Waals surface area contributed by atoms with Gasteiger partial charge in [-0.25, -0.2) is 0 Å². The fourth-order valence-corrected chi connectivity index (χ4v) is 0. The van der Waals surface area contributed by atoms with Gasteiger partial charge in [0.2, 0.25) is 0 Å². The van der Waals surface area contributed by atoms with Gasteiger partial charge in [0, 0.05) is 48.9 Å². The fourth-order valence-electron chi connectivity index (χ4n) is 0. The molecule has 0 aromatic rings. The summed E-state index contributed by atoms with van der Waals surface area (Å²) >= 11 is 5.10. The van der Waals surface area contributed by atoms with Gasteiger partial charge in [-0.2, -0.15) is 0 Å². The third-order valence-electron chi connectivity index (χ3n) is 0. The van der Waals surface area contributed by atoms with Crippen LogP contribution in [0.15, 0.2) is 0 Å². The van der Waals surface area contributed by atoms with Crippen molar-refractivity contribution in [1.82, 2.24) is 0 Å². The van der Waals surface area contributed by atoms with Crippen molar-refractivity contribution in [2.45, 2.75) is 0 Å². The molecule has 0 saturated carbocycles. The van der Waals surface area contributed by atoms with Crippen molar-refractivity contribution in [2.75, 3.05) is 0 Å². The summed E-state index contributed by atoms with van der Waals surface area (Å²) in [6, 6.07) is 0. The Morgan fingerprint density at radius 2 is 1.40 bits per heavy atom. The number of carbonyl (C=O) groups is 1. The standard InChI is InChI=1S/CBr2O.Mn/c2-1(3)4;. The Morgan fingerprint density at radius 1 is 1.40 bits per heavy atom. The molecule has 0 unspecified atom stereocenters. The van der Waals surface area contributed by atoms with Gasteiger partial charge < -0.3 is 0 Å². The molecule has 5 heavy (non-hydrogen) atoms. The average molecular weight is 243 g/mol. The van der Waals surface area contributed by atoms with E-state index in [2.05, 4.69) is 31.9 Å². The first-order valence-corrected chi connectivity index (χ1v) is 2.17. The van der Waals surface area contributed by atoms with Crippen molar-refractivity contribution in [1.29, 1.82) is 0 Å². The van der Waals surface area contributed by atoms with E-state index < -0.39 is 0 Å². The molecular weight excluding hydrogens is 243 g/mol. The first-order valence-electron chi connectivity index (χ1n) is 0.582. The summed E-state index contributed by atoms with van der Waals surface area (Å²) in [7, 11) is 0. The Hall–Kier alpha value is 1.15. The third kappa shape index (κ3) is 38.7. The first-order chi connectivity index (χ1) is 1.73. The zero-order chi connectivity index (χ0) is 3.58. The zero-order valence-electron chi connectivity index (χ0n) is 2.04. The van der Waals surface area contributed by atoms with E-state index in [1.165, 1.54) is 0 Å². The Labute approximate surface area is 57.2 Å². The van der Waals surface area contributed by atoms with Crippen LogP contribution in [0.25, 0.3) is 0 Å². The van der Waals surface area contributed by atoms with Gasteiger partial charge in [0.25, 0.3) is 3.60 Å². The summed E-state index contributed by atoms with van der Waals surface area (Å²) in [5.41, 5.74) is 0. The normalized spacial score (nSPS) is 5.20. The molecule has 0 rings (SSSR count). The number of halogens is 2. The van der Waals surface area contributed by atoms with Crippen molar-refractivity contribution in [3.63, 3.8) is 0 Å². The topological polar surface area (TPSA) is 17.1 Å². The molecule has 0 bridgehead atoms. The molecule has 0 aliphatic carbocycles. The minimum absolute atomic E-state index is 0. The molecule has 1 nitrogen and oxygen atoms in total. The number of hydrogen-bond acceptors (Lipinski definition) is 1. The van der Waals surface area contributed by atoms with E-state index >= 15 is 0 Å². The van der Waals surface area contributed by atoms with Crippen LogP contribution in [0.5, 0.6) is 0 Å². The minimum Gasteiger partial charge on any atom is -0.273 e. The van der Waals surface area contributed by atoms with Crippen LogP contribution in [-0.2, 0) is 17.1 Å². The Balaban J connectivity index is 0. The molecular formula is CBr2MnO. The van der Waals surface area contributed by atoms with Crippen molar-refractivity contribution in [3.8, 4) is 0 Å². The van der Waals surface area contributed by atoms with Gasteiger partial charge in [-0.15, -0.1) is 0 Å². The Morgan fingerprint density at radius 3 is 1.40 bits per heavy atom. The van der Waals surface area contributed by atoms with Crippen LogP contribution in [0, 0.1) is 0 Å². The van der Waals surface area contributed by atoms with E-state index in [9.17, 15) is 4.79 Å². The smallest absolute Gasteiger partial charge is 0.262 e. The number of carbonyl (C=O) groups excluding carboxylic acids is 1. The largest absolute Gasteiger partial charge is 0.273 e. The van der Waals surface area contributed by atoms with Crippen molar-refractivity contribution < 1.29 is 21.9 Å². The van der Waals surface area contributed by atoms with Gasteiger partial charge in [0.15, 0.2) is 0 Å². The average Bonchev–Trinajstić information content (AvgIpc) is 0.811. The summed E-state index contributed by atoms with van der Waals surface area (Å²) in [6.45, 7) is 0. The van der Waals surface area contributed by atoms with Crippen molar-refractivity contribution in [2.24, 2.45) is 0 Å². The number of rotatable bonds is 0. The maximum atomic E-state index is 9.28. The summed E-state index contributed by atoms with van der Waals surface area (Å²) < 4.78 is -0.208. The van der Waals surface area contributed by atoms with Gasteiger partial charge in [-0.3, -0.25) is 4.79 Å². The molecule has 0 aliphatic rings. The van der Waals surface area contributed by atoms with Crippen LogP contribution in [0.4, 0.5) is 4.79 Å². The molecule has 0 spiro atoms. The van der Waals surface area contributed by atoms with Gasteiger partial charge in [0.1, 0.15) is 0 Å². The van der Waals surface area contributed by atoms with E-state index in [0.717, 1.165) is 0 Å². The molecule has 31 valence electrons. The summed E-state index contributed by atoms with van der Waals surface area (Å²) in [6.07, 6.45) is 0. The summed E-state index contributed by atoms with van der Waals surface area (Å²) in [5, 5.41) is 0. The van der Waals surface area contributed by atoms with Crippen molar-refractivity contribution >= 4 is 35.5 Å². The molecule has 0 amide bonds. The maximum absolute atomic E-state index is 9.28. The second-order valence-corrected chi connectivity index (χ2v) is 2.73. The Kier molecular flexibility index (Phi) is 9.75. The molecule has 4 heteroatoms. The Bertz CT molecular complexity index is 32.6. The van der Waals surface area contributed by atoms with E-state index in [0.29, 0.717) is 0 Å². The molecule has 0 fully saturated rings. The van der Waals surface area contributed by atoms with E-state index in [1.807, 2.05) is 0 Å². The van der Waals surface area contributed by atoms with Gasteiger partial charge in [-0.05, 0) is 0 Å². The first kappa shape index (κ1) is 9.47. The third-order valence-corrected chi connectivity index (χ3v) is 0. The van der Waals surface area contributed by atoms with Crippen LogP contribution in [0.1, 0.15) is 0 Å². The van der Waals surface area contributed by atoms with Crippen LogP contribution >= 0.6 is 31.9 Å². The molecule has 0 atom stereocenters. The summed E-state index contributed by atoms with van der Waals surface area (Å²) in [5.74, 6) is 0. The van der Waals surface area contributed by atoms with E-state index in [4.69, 9.17) is 0 Å². The minimum atomic E-state index is -0.208. The maximum Gasteiger partial charge on any atom is 0.262 e. The molecule has 0 aliphatic heterocycles. The second kappa shape index (κ2) is 5.15. The molecule has 0 heterocycles. The van der Waals surface area contributed by atoms with Gasteiger partial charge >= 0.3 is 0 Å². The molecule has 0 aromatic carbocycles.